The maximum absolute atomic E-state index is 5.36. The first-order valence-electron chi connectivity index (χ1n) is 19.2. The second-order valence-corrected chi connectivity index (χ2v) is 14.9. The first-order valence-corrected chi connectivity index (χ1v) is 19.2. The SMILES string of the molecule is c1ccc(-n2c3ccc4ccccc4c3c3cc(-c4ccc5c(c4)c4cccc6c4n5-c4nc5ccccc5nc4-c4ccccc4-6)c4ccccc4c32)cc1. The van der Waals surface area contributed by atoms with Crippen LogP contribution in [0.25, 0.3) is 121 Å². The molecule has 0 radical (unpaired) electrons. The number of aromatic nitrogens is 4. The van der Waals surface area contributed by atoms with Gasteiger partial charge in [-0.3, -0.25) is 4.57 Å². The van der Waals surface area contributed by atoms with Crippen LogP contribution in [0.15, 0.2) is 182 Å². The normalized spacial score (nSPS) is 12.3. The van der Waals surface area contributed by atoms with Crippen molar-refractivity contribution in [2.24, 2.45) is 0 Å². The number of fused-ring (bicyclic) bond motifs is 16. The van der Waals surface area contributed by atoms with E-state index < -0.39 is 0 Å². The lowest BCUT2D eigenvalue weighted by Crippen LogP contribution is -2.02. The van der Waals surface area contributed by atoms with Crippen LogP contribution in [-0.4, -0.2) is 19.1 Å². The van der Waals surface area contributed by atoms with Crippen molar-refractivity contribution in [2.75, 3.05) is 0 Å². The summed E-state index contributed by atoms with van der Waals surface area (Å²) in [6.07, 6.45) is 0. The Morgan fingerprint density at radius 3 is 1.89 bits per heavy atom. The Morgan fingerprint density at radius 1 is 0.357 bits per heavy atom. The molecule has 0 amide bonds. The number of benzene rings is 9. The van der Waals surface area contributed by atoms with Gasteiger partial charge in [0.15, 0.2) is 5.82 Å². The molecule has 0 saturated heterocycles. The lowest BCUT2D eigenvalue weighted by atomic mass is 9.93. The van der Waals surface area contributed by atoms with Gasteiger partial charge in [0, 0.05) is 43.7 Å². The van der Waals surface area contributed by atoms with Crippen LogP contribution in [-0.2, 0) is 0 Å². The van der Waals surface area contributed by atoms with Crippen LogP contribution >= 0.6 is 0 Å². The first-order chi connectivity index (χ1) is 27.8. The van der Waals surface area contributed by atoms with Crippen molar-refractivity contribution in [1.82, 2.24) is 19.1 Å². The summed E-state index contributed by atoms with van der Waals surface area (Å²) in [5, 5.41) is 9.89. The predicted molar refractivity (Wildman–Crippen MR) is 233 cm³/mol. The van der Waals surface area contributed by atoms with Crippen LogP contribution in [0.4, 0.5) is 0 Å². The zero-order valence-corrected chi connectivity index (χ0v) is 30.1. The third kappa shape index (κ3) is 3.92. The van der Waals surface area contributed by atoms with Gasteiger partial charge in [0.1, 0.15) is 5.69 Å². The molecule has 0 bridgehead atoms. The van der Waals surface area contributed by atoms with Crippen molar-refractivity contribution in [2.45, 2.75) is 0 Å². The van der Waals surface area contributed by atoms with Gasteiger partial charge >= 0.3 is 0 Å². The van der Waals surface area contributed by atoms with Gasteiger partial charge in [-0.15, -0.1) is 0 Å². The number of hydrogen-bond donors (Lipinski definition) is 0. The van der Waals surface area contributed by atoms with Crippen LogP contribution in [0, 0.1) is 0 Å². The molecule has 1 aliphatic heterocycles. The summed E-state index contributed by atoms with van der Waals surface area (Å²) in [6, 6.07) is 66.0. The number of nitrogens with zero attached hydrogens (tertiary/aromatic N) is 4. The minimum Gasteiger partial charge on any atom is -0.309 e. The van der Waals surface area contributed by atoms with Crippen LogP contribution < -0.4 is 0 Å². The minimum atomic E-state index is 0.862. The van der Waals surface area contributed by atoms with E-state index in [9.17, 15) is 0 Å². The van der Waals surface area contributed by atoms with Crippen LogP contribution in [0.3, 0.4) is 0 Å². The predicted octanol–water partition coefficient (Wildman–Crippen LogP) is 13.4. The molecule has 12 aromatic rings. The van der Waals surface area contributed by atoms with Gasteiger partial charge in [-0.2, -0.15) is 0 Å². The van der Waals surface area contributed by atoms with E-state index >= 15 is 0 Å². The Morgan fingerprint density at radius 2 is 1.02 bits per heavy atom. The summed E-state index contributed by atoms with van der Waals surface area (Å²) in [5.74, 6) is 0.862. The van der Waals surface area contributed by atoms with Gasteiger partial charge in [0.05, 0.1) is 33.1 Å². The van der Waals surface area contributed by atoms with E-state index in [1.807, 2.05) is 12.1 Å². The van der Waals surface area contributed by atoms with Crippen LogP contribution in [0.5, 0.6) is 0 Å². The summed E-state index contributed by atoms with van der Waals surface area (Å²) >= 11 is 0. The quantitative estimate of drug-likeness (QED) is 0.179. The molecule has 1 aliphatic rings. The van der Waals surface area contributed by atoms with E-state index in [0.717, 1.165) is 44.8 Å². The monoisotopic (exact) mass is 710 g/mol. The van der Waals surface area contributed by atoms with Crippen molar-refractivity contribution in [3.8, 4) is 45.0 Å². The fraction of sp³-hybridized carbons (Fsp3) is 0. The molecule has 13 rings (SSSR count). The fourth-order valence-electron chi connectivity index (χ4n) is 9.65. The van der Waals surface area contributed by atoms with Gasteiger partial charge in [0.2, 0.25) is 0 Å². The van der Waals surface area contributed by atoms with E-state index in [-0.39, 0.29) is 0 Å². The van der Waals surface area contributed by atoms with E-state index in [1.54, 1.807) is 0 Å². The Hall–Kier alpha value is -7.56. The zero-order chi connectivity index (χ0) is 36.5. The molecular weight excluding hydrogens is 681 g/mol. The van der Waals surface area contributed by atoms with Crippen molar-refractivity contribution < 1.29 is 0 Å². The number of hydrogen-bond acceptors (Lipinski definition) is 2. The standard InChI is InChI=1S/C52H30N4/c1-2-14-33(15-3-1)55-47-28-25-31-13-4-5-16-34(31)48(47)43-30-41(36-18-7-9-20-38(36)51(43)55)32-26-27-46-42(29-32)40-22-12-21-39-35-17-6-8-19-37(35)49-52(56(46)50(39)40)54-45-24-11-10-23-44(45)53-49/h1-30H. The van der Waals surface area contributed by atoms with Crippen molar-refractivity contribution in [3.05, 3.63) is 182 Å². The molecule has 4 heterocycles. The summed E-state index contributed by atoms with van der Waals surface area (Å²) in [7, 11) is 0. The molecule has 56 heavy (non-hydrogen) atoms. The van der Waals surface area contributed by atoms with E-state index in [4.69, 9.17) is 9.97 Å². The molecular formula is C52H30N4. The Kier molecular flexibility index (Phi) is 5.86. The summed E-state index contributed by atoms with van der Waals surface area (Å²) in [5.41, 5.74) is 14.4. The Bertz CT molecular complexity index is 3650. The molecule has 0 atom stereocenters. The smallest absolute Gasteiger partial charge is 0.165 e. The highest BCUT2D eigenvalue weighted by Crippen LogP contribution is 2.48. The summed E-state index contributed by atoms with van der Waals surface area (Å²) in [6.45, 7) is 0. The maximum Gasteiger partial charge on any atom is 0.165 e. The molecule has 0 N–H and O–H groups in total. The molecule has 4 nitrogen and oxygen atoms in total. The van der Waals surface area contributed by atoms with Gasteiger partial charge in [-0.05, 0) is 81.4 Å². The lowest BCUT2D eigenvalue weighted by Gasteiger charge is -2.14. The molecule has 0 fully saturated rings. The average molecular weight is 711 g/mol. The molecule has 0 aliphatic carbocycles. The molecule has 0 saturated carbocycles. The van der Waals surface area contributed by atoms with Crippen LogP contribution in [0.1, 0.15) is 0 Å². The largest absolute Gasteiger partial charge is 0.309 e. The number of para-hydroxylation sites is 4. The molecule has 258 valence electrons. The fourth-order valence-corrected chi connectivity index (χ4v) is 9.65. The Balaban J connectivity index is 1.15. The topological polar surface area (TPSA) is 35.6 Å². The van der Waals surface area contributed by atoms with Crippen molar-refractivity contribution >= 4 is 76.2 Å². The average Bonchev–Trinajstić information content (AvgIpc) is 3.75. The maximum atomic E-state index is 5.36. The van der Waals surface area contributed by atoms with Gasteiger partial charge in [-0.1, -0.05) is 133 Å². The van der Waals surface area contributed by atoms with E-state index in [2.05, 4.69) is 179 Å². The highest BCUT2D eigenvalue weighted by molar-refractivity contribution is 6.28. The van der Waals surface area contributed by atoms with Gasteiger partial charge < -0.3 is 4.57 Å². The summed E-state index contributed by atoms with van der Waals surface area (Å²) < 4.78 is 4.82. The zero-order valence-electron chi connectivity index (χ0n) is 30.1. The minimum absolute atomic E-state index is 0.862. The summed E-state index contributed by atoms with van der Waals surface area (Å²) in [4.78, 5) is 10.6. The molecule has 3 aromatic heterocycles. The second-order valence-electron chi connectivity index (χ2n) is 14.9. The van der Waals surface area contributed by atoms with E-state index in [0.29, 0.717) is 0 Å². The second kappa shape index (κ2) is 11.0. The third-order valence-electron chi connectivity index (χ3n) is 12.0. The van der Waals surface area contributed by atoms with Crippen molar-refractivity contribution in [1.29, 1.82) is 0 Å². The van der Waals surface area contributed by atoms with Crippen LogP contribution in [0.2, 0.25) is 0 Å². The number of rotatable bonds is 2. The van der Waals surface area contributed by atoms with Gasteiger partial charge in [0.25, 0.3) is 0 Å². The first kappa shape index (κ1) is 29.8. The molecule has 9 aromatic carbocycles. The highest BCUT2D eigenvalue weighted by Gasteiger charge is 2.27. The van der Waals surface area contributed by atoms with E-state index in [1.165, 1.54) is 76.4 Å². The van der Waals surface area contributed by atoms with Crippen molar-refractivity contribution in [3.63, 3.8) is 0 Å². The lowest BCUT2D eigenvalue weighted by molar-refractivity contribution is 1.09. The molecule has 4 heteroatoms. The third-order valence-corrected chi connectivity index (χ3v) is 12.0. The Labute approximate surface area is 321 Å². The highest BCUT2D eigenvalue weighted by atomic mass is 15.1. The van der Waals surface area contributed by atoms with Gasteiger partial charge in [-0.25, -0.2) is 9.97 Å². The molecule has 0 unspecified atom stereocenters. The molecule has 0 spiro atoms.